The Morgan fingerprint density at radius 2 is 1.45 bits per heavy atom. The Bertz CT molecular complexity index is 926. The Morgan fingerprint density at radius 3 is 2.14 bits per heavy atom. The highest BCUT2D eigenvalue weighted by molar-refractivity contribution is 7.85. The molecule has 3 nitrogen and oxygen atoms in total. The van der Waals surface area contributed by atoms with E-state index in [2.05, 4.69) is 24.3 Å². The van der Waals surface area contributed by atoms with Crippen LogP contribution in [0.3, 0.4) is 0 Å². The normalized spacial score (nSPS) is 11.7. The molecule has 0 aliphatic heterocycles. The largest absolute Gasteiger partial charge is 0.744 e. The van der Waals surface area contributed by atoms with Crippen molar-refractivity contribution in [1.82, 2.24) is 0 Å². The molecule has 0 fully saturated rings. The zero-order valence-electron chi connectivity index (χ0n) is 12.1. The van der Waals surface area contributed by atoms with Crippen molar-refractivity contribution in [1.29, 1.82) is 0 Å². The summed E-state index contributed by atoms with van der Waals surface area (Å²) in [6, 6.07) is 18.7. The lowest BCUT2D eigenvalue weighted by molar-refractivity contribution is 0.463. The van der Waals surface area contributed by atoms with Crippen LogP contribution in [0.5, 0.6) is 0 Å². The molecule has 0 bridgehead atoms. The van der Waals surface area contributed by atoms with Crippen molar-refractivity contribution in [2.24, 2.45) is 0 Å². The second-order valence-electron chi connectivity index (χ2n) is 5.46. The third-order valence-corrected chi connectivity index (χ3v) is 4.52. The van der Waals surface area contributed by atoms with Gasteiger partial charge in [-0.05, 0) is 47.4 Å². The zero-order chi connectivity index (χ0) is 15.7. The summed E-state index contributed by atoms with van der Waals surface area (Å²) in [6.45, 7) is 2.05. The summed E-state index contributed by atoms with van der Waals surface area (Å²) in [5.74, 6) is 0. The minimum absolute atomic E-state index is 0.188. The van der Waals surface area contributed by atoms with Crippen LogP contribution >= 0.6 is 0 Å². The third-order valence-electron chi connectivity index (χ3n) is 3.69. The summed E-state index contributed by atoms with van der Waals surface area (Å²) in [4.78, 5) is -0.188. The van der Waals surface area contributed by atoms with Gasteiger partial charge in [0.1, 0.15) is 10.1 Å². The molecule has 3 rings (SSSR count). The lowest BCUT2D eigenvalue weighted by atomic mass is 10.0. The molecule has 3 aromatic rings. The Hall–Kier alpha value is -2.17. The third kappa shape index (κ3) is 3.18. The maximum absolute atomic E-state index is 11.1. The standard InChI is InChI=1S/C18H16O3S/c1-13-2-4-14(5-3-13)10-15-6-7-16-8-9-18(22(19,20)21)12-17(16)11-15/h2-9,11-12H,10H2,1H3,(H,19,20,21)/p-1. The highest BCUT2D eigenvalue weighted by Gasteiger charge is 2.04. The molecule has 112 valence electrons. The molecule has 0 N–H and O–H groups in total. The minimum Gasteiger partial charge on any atom is -0.744 e. The molecule has 0 aromatic heterocycles. The molecule has 0 aliphatic carbocycles. The van der Waals surface area contributed by atoms with Crippen LogP contribution in [-0.4, -0.2) is 13.0 Å². The van der Waals surface area contributed by atoms with E-state index in [0.717, 1.165) is 22.8 Å². The van der Waals surface area contributed by atoms with Gasteiger partial charge < -0.3 is 4.55 Å². The van der Waals surface area contributed by atoms with E-state index in [1.165, 1.54) is 23.3 Å². The van der Waals surface area contributed by atoms with E-state index in [-0.39, 0.29) is 4.90 Å². The van der Waals surface area contributed by atoms with Gasteiger partial charge in [-0.25, -0.2) is 8.42 Å². The molecule has 0 amide bonds. The fourth-order valence-electron chi connectivity index (χ4n) is 2.48. The maximum atomic E-state index is 11.1. The van der Waals surface area contributed by atoms with Gasteiger partial charge in [-0.2, -0.15) is 0 Å². The minimum atomic E-state index is -4.42. The number of aryl methyl sites for hydroxylation is 1. The number of rotatable bonds is 3. The number of benzene rings is 3. The van der Waals surface area contributed by atoms with Gasteiger partial charge in [-0.15, -0.1) is 0 Å². The van der Waals surface area contributed by atoms with Crippen LogP contribution in [0, 0.1) is 6.92 Å². The summed E-state index contributed by atoms with van der Waals surface area (Å²) in [7, 11) is -4.42. The quantitative estimate of drug-likeness (QED) is 0.694. The summed E-state index contributed by atoms with van der Waals surface area (Å²) in [6.07, 6.45) is 0.768. The van der Waals surface area contributed by atoms with Crippen LogP contribution in [-0.2, 0) is 16.5 Å². The average molecular weight is 311 g/mol. The van der Waals surface area contributed by atoms with Crippen molar-refractivity contribution in [3.8, 4) is 0 Å². The summed E-state index contributed by atoms with van der Waals surface area (Å²) < 4.78 is 33.4. The van der Waals surface area contributed by atoms with Crippen molar-refractivity contribution >= 4 is 20.9 Å². The predicted octanol–water partition coefficient (Wildman–Crippen LogP) is 3.64. The van der Waals surface area contributed by atoms with Gasteiger partial charge in [0.2, 0.25) is 0 Å². The van der Waals surface area contributed by atoms with Gasteiger partial charge in [-0.1, -0.05) is 54.1 Å². The molecule has 22 heavy (non-hydrogen) atoms. The number of hydrogen-bond donors (Lipinski definition) is 0. The van der Waals surface area contributed by atoms with E-state index in [4.69, 9.17) is 0 Å². The van der Waals surface area contributed by atoms with E-state index in [9.17, 15) is 13.0 Å². The Kier molecular flexibility index (Phi) is 3.72. The van der Waals surface area contributed by atoms with Crippen molar-refractivity contribution in [3.05, 3.63) is 77.4 Å². The maximum Gasteiger partial charge on any atom is 0.124 e. The van der Waals surface area contributed by atoms with E-state index in [0.29, 0.717) is 0 Å². The van der Waals surface area contributed by atoms with E-state index >= 15 is 0 Å². The molecule has 0 heterocycles. The second kappa shape index (κ2) is 5.55. The van der Waals surface area contributed by atoms with Crippen LogP contribution in [0.4, 0.5) is 0 Å². The zero-order valence-corrected chi connectivity index (χ0v) is 12.9. The predicted molar refractivity (Wildman–Crippen MR) is 85.9 cm³/mol. The number of fused-ring (bicyclic) bond motifs is 1. The molecular formula is C18H15O3S-. The first-order valence-corrected chi connectivity index (χ1v) is 8.37. The fourth-order valence-corrected chi connectivity index (χ4v) is 2.99. The molecular weight excluding hydrogens is 296 g/mol. The summed E-state index contributed by atoms with van der Waals surface area (Å²) >= 11 is 0. The lowest BCUT2D eigenvalue weighted by Crippen LogP contribution is -1.98. The van der Waals surface area contributed by atoms with Crippen molar-refractivity contribution in [2.45, 2.75) is 18.2 Å². The van der Waals surface area contributed by atoms with Gasteiger partial charge in [0.15, 0.2) is 0 Å². The van der Waals surface area contributed by atoms with Gasteiger partial charge in [0.05, 0.1) is 4.90 Å². The van der Waals surface area contributed by atoms with Gasteiger partial charge in [-0.3, -0.25) is 0 Å². The monoisotopic (exact) mass is 311 g/mol. The van der Waals surface area contributed by atoms with Crippen LogP contribution in [0.15, 0.2) is 65.6 Å². The SMILES string of the molecule is Cc1ccc(Cc2ccc3ccc(S(=O)(=O)[O-])cc3c2)cc1. The van der Waals surface area contributed by atoms with Crippen molar-refractivity contribution in [3.63, 3.8) is 0 Å². The highest BCUT2D eigenvalue weighted by Crippen LogP contribution is 2.22. The second-order valence-corrected chi connectivity index (χ2v) is 6.84. The molecule has 0 aliphatic rings. The average Bonchev–Trinajstić information content (AvgIpc) is 2.48. The van der Waals surface area contributed by atoms with Gasteiger partial charge >= 0.3 is 0 Å². The molecule has 3 aromatic carbocycles. The topological polar surface area (TPSA) is 57.2 Å². The van der Waals surface area contributed by atoms with Crippen LogP contribution in [0.2, 0.25) is 0 Å². The van der Waals surface area contributed by atoms with Crippen molar-refractivity contribution in [2.75, 3.05) is 0 Å². The Morgan fingerprint density at radius 1 is 0.818 bits per heavy atom. The summed E-state index contributed by atoms with van der Waals surface area (Å²) in [5, 5.41) is 1.68. The molecule has 0 unspecified atom stereocenters. The molecule has 0 atom stereocenters. The lowest BCUT2D eigenvalue weighted by Gasteiger charge is -2.09. The highest BCUT2D eigenvalue weighted by atomic mass is 32.2. The summed E-state index contributed by atoms with van der Waals surface area (Å²) in [5.41, 5.74) is 3.49. The molecule has 0 saturated carbocycles. The molecule has 0 saturated heterocycles. The van der Waals surface area contributed by atoms with Crippen LogP contribution in [0.1, 0.15) is 16.7 Å². The van der Waals surface area contributed by atoms with Gasteiger partial charge in [0, 0.05) is 0 Å². The smallest absolute Gasteiger partial charge is 0.124 e. The molecule has 4 heteroatoms. The molecule has 0 spiro atoms. The fraction of sp³-hybridized carbons (Fsp3) is 0.111. The van der Waals surface area contributed by atoms with Crippen LogP contribution in [0.25, 0.3) is 10.8 Å². The first kappa shape index (κ1) is 14.8. The van der Waals surface area contributed by atoms with E-state index < -0.39 is 10.1 Å². The van der Waals surface area contributed by atoms with Crippen molar-refractivity contribution < 1.29 is 13.0 Å². The molecule has 0 radical (unpaired) electrons. The Labute approximate surface area is 130 Å². The van der Waals surface area contributed by atoms with Gasteiger partial charge in [0.25, 0.3) is 0 Å². The van der Waals surface area contributed by atoms with Crippen LogP contribution < -0.4 is 0 Å². The van der Waals surface area contributed by atoms with E-state index in [1.807, 2.05) is 25.1 Å². The Balaban J connectivity index is 1.99. The number of hydrogen-bond acceptors (Lipinski definition) is 3. The first-order chi connectivity index (χ1) is 10.4. The van der Waals surface area contributed by atoms with E-state index in [1.54, 1.807) is 6.07 Å². The first-order valence-electron chi connectivity index (χ1n) is 6.96.